The summed E-state index contributed by atoms with van der Waals surface area (Å²) in [6.45, 7) is 1.49. The molecule has 2 unspecified atom stereocenters. The molecule has 0 saturated carbocycles. The Morgan fingerprint density at radius 3 is 2.83 bits per heavy atom. The van der Waals surface area contributed by atoms with Crippen LogP contribution in [0.15, 0.2) is 0 Å². The Balaban J connectivity index is 2.54. The molecule has 1 saturated heterocycles. The Kier molecular flexibility index (Phi) is 3.47. The van der Waals surface area contributed by atoms with Gasteiger partial charge in [0.1, 0.15) is 5.60 Å². The summed E-state index contributed by atoms with van der Waals surface area (Å²) in [4.78, 5) is 0. The first kappa shape index (κ1) is 10.4. The molecule has 0 spiro atoms. The average Bonchev–Trinajstić information content (AvgIpc) is 2.04. The van der Waals surface area contributed by atoms with Crippen LogP contribution in [-0.2, 0) is 4.74 Å². The summed E-state index contributed by atoms with van der Waals surface area (Å²) in [5.74, 6) is 0. The Morgan fingerprint density at radius 1 is 1.67 bits per heavy atom. The first-order chi connectivity index (χ1) is 5.58. The molecule has 2 atom stereocenters. The van der Waals surface area contributed by atoms with Gasteiger partial charge in [0.15, 0.2) is 0 Å². The van der Waals surface area contributed by atoms with E-state index >= 15 is 0 Å². The highest BCUT2D eigenvalue weighted by molar-refractivity contribution is 9.09. The van der Waals surface area contributed by atoms with Crippen molar-refractivity contribution in [2.45, 2.75) is 44.3 Å². The van der Waals surface area contributed by atoms with Crippen LogP contribution in [0.3, 0.4) is 0 Å². The van der Waals surface area contributed by atoms with E-state index in [1.165, 1.54) is 6.92 Å². The maximum Gasteiger partial charge on any atom is 0.266 e. The van der Waals surface area contributed by atoms with Gasteiger partial charge in [-0.1, -0.05) is 15.9 Å². The van der Waals surface area contributed by atoms with Crippen LogP contribution in [0.2, 0.25) is 0 Å². The van der Waals surface area contributed by atoms with Crippen molar-refractivity contribution in [3.8, 4) is 0 Å². The van der Waals surface area contributed by atoms with Gasteiger partial charge in [0.05, 0.1) is 6.10 Å². The second-order valence-electron chi connectivity index (χ2n) is 3.40. The molecule has 12 heavy (non-hydrogen) atoms. The van der Waals surface area contributed by atoms with Crippen LogP contribution in [0.25, 0.3) is 0 Å². The standard InChI is InChI=1S/C8H13BrF2O/c1-8(7(10)11)4-2-3-6(5-9)12-8/h6-7H,2-5H2,1H3. The molecule has 0 bridgehead atoms. The molecule has 1 rings (SSSR count). The van der Waals surface area contributed by atoms with E-state index in [0.717, 1.165) is 12.8 Å². The van der Waals surface area contributed by atoms with E-state index in [1.54, 1.807) is 0 Å². The van der Waals surface area contributed by atoms with Gasteiger partial charge >= 0.3 is 0 Å². The smallest absolute Gasteiger partial charge is 0.266 e. The molecule has 0 aromatic heterocycles. The Labute approximate surface area is 79.6 Å². The van der Waals surface area contributed by atoms with Gasteiger partial charge in [-0.2, -0.15) is 0 Å². The largest absolute Gasteiger partial charge is 0.365 e. The van der Waals surface area contributed by atoms with Gasteiger partial charge in [-0.05, 0) is 26.2 Å². The summed E-state index contributed by atoms with van der Waals surface area (Å²) < 4.78 is 30.2. The van der Waals surface area contributed by atoms with Crippen molar-refractivity contribution in [1.29, 1.82) is 0 Å². The quantitative estimate of drug-likeness (QED) is 0.677. The minimum atomic E-state index is -2.38. The summed E-state index contributed by atoms with van der Waals surface area (Å²) >= 11 is 3.24. The van der Waals surface area contributed by atoms with Gasteiger partial charge in [-0.15, -0.1) is 0 Å². The van der Waals surface area contributed by atoms with Crippen molar-refractivity contribution in [2.24, 2.45) is 0 Å². The van der Waals surface area contributed by atoms with Crippen molar-refractivity contribution in [3.63, 3.8) is 0 Å². The molecular weight excluding hydrogens is 230 g/mol. The Morgan fingerprint density at radius 2 is 2.33 bits per heavy atom. The highest BCUT2D eigenvalue weighted by Gasteiger charge is 2.40. The van der Waals surface area contributed by atoms with E-state index in [4.69, 9.17) is 4.74 Å². The fourth-order valence-electron chi connectivity index (χ4n) is 1.45. The van der Waals surface area contributed by atoms with Gasteiger partial charge in [0.25, 0.3) is 6.43 Å². The fourth-order valence-corrected chi connectivity index (χ4v) is 1.90. The van der Waals surface area contributed by atoms with Crippen molar-refractivity contribution in [1.82, 2.24) is 0 Å². The highest BCUT2D eigenvalue weighted by atomic mass is 79.9. The monoisotopic (exact) mass is 242 g/mol. The third-order valence-corrected chi connectivity index (χ3v) is 2.99. The summed E-state index contributed by atoms with van der Waals surface area (Å²) in [5, 5.41) is 0.648. The van der Waals surface area contributed by atoms with Crippen LogP contribution in [0.5, 0.6) is 0 Å². The Hall–Kier alpha value is 0.300. The highest BCUT2D eigenvalue weighted by Crippen LogP contribution is 2.33. The van der Waals surface area contributed by atoms with E-state index in [2.05, 4.69) is 15.9 Å². The second kappa shape index (κ2) is 4.01. The predicted octanol–water partition coefficient (Wildman–Crippen LogP) is 2.97. The van der Waals surface area contributed by atoms with Crippen LogP contribution in [0.1, 0.15) is 26.2 Å². The lowest BCUT2D eigenvalue weighted by molar-refractivity contribution is -0.178. The number of halogens is 3. The zero-order valence-electron chi connectivity index (χ0n) is 7.03. The number of rotatable bonds is 2. The topological polar surface area (TPSA) is 9.23 Å². The lowest BCUT2D eigenvalue weighted by Gasteiger charge is -2.37. The third kappa shape index (κ3) is 2.16. The average molecular weight is 243 g/mol. The summed E-state index contributed by atoms with van der Waals surface area (Å²) in [7, 11) is 0. The molecule has 0 aliphatic carbocycles. The molecule has 0 aromatic rings. The van der Waals surface area contributed by atoms with Gasteiger partial charge < -0.3 is 4.74 Å². The second-order valence-corrected chi connectivity index (χ2v) is 4.05. The number of hydrogen-bond donors (Lipinski definition) is 0. The zero-order chi connectivity index (χ0) is 9.19. The maximum absolute atomic E-state index is 12.5. The molecule has 1 aliphatic rings. The molecule has 1 aliphatic heterocycles. The van der Waals surface area contributed by atoms with Crippen molar-refractivity contribution < 1.29 is 13.5 Å². The van der Waals surface area contributed by atoms with E-state index < -0.39 is 12.0 Å². The van der Waals surface area contributed by atoms with Crippen LogP contribution < -0.4 is 0 Å². The van der Waals surface area contributed by atoms with Crippen LogP contribution in [0.4, 0.5) is 8.78 Å². The number of hydrogen-bond acceptors (Lipinski definition) is 1. The summed E-state index contributed by atoms with van der Waals surface area (Å²) in [6.07, 6.45) is -0.240. The molecule has 0 amide bonds. The fraction of sp³-hybridized carbons (Fsp3) is 1.00. The molecule has 1 nitrogen and oxygen atoms in total. The zero-order valence-corrected chi connectivity index (χ0v) is 8.61. The molecule has 1 heterocycles. The molecule has 72 valence electrons. The minimum absolute atomic E-state index is 0.0438. The lowest BCUT2D eigenvalue weighted by Crippen LogP contribution is -2.44. The molecule has 4 heteroatoms. The van der Waals surface area contributed by atoms with Crippen molar-refractivity contribution in [3.05, 3.63) is 0 Å². The molecule has 0 aromatic carbocycles. The van der Waals surface area contributed by atoms with Crippen LogP contribution in [-0.4, -0.2) is 23.5 Å². The van der Waals surface area contributed by atoms with E-state index in [9.17, 15) is 8.78 Å². The van der Waals surface area contributed by atoms with Gasteiger partial charge in [0, 0.05) is 5.33 Å². The molecule has 1 fully saturated rings. The number of alkyl halides is 3. The van der Waals surface area contributed by atoms with Gasteiger partial charge in [0.2, 0.25) is 0 Å². The van der Waals surface area contributed by atoms with Gasteiger partial charge in [-0.3, -0.25) is 0 Å². The lowest BCUT2D eigenvalue weighted by atomic mass is 9.94. The van der Waals surface area contributed by atoms with Crippen LogP contribution in [0, 0.1) is 0 Å². The minimum Gasteiger partial charge on any atom is -0.365 e. The predicted molar refractivity (Wildman–Crippen MR) is 46.9 cm³/mol. The molecule has 0 N–H and O–H groups in total. The summed E-state index contributed by atoms with van der Waals surface area (Å²) in [5.41, 5.74) is -1.21. The van der Waals surface area contributed by atoms with Crippen LogP contribution >= 0.6 is 15.9 Å². The number of ether oxygens (including phenoxy) is 1. The molecular formula is C8H13BrF2O. The van der Waals surface area contributed by atoms with E-state index in [0.29, 0.717) is 11.8 Å². The van der Waals surface area contributed by atoms with Crippen molar-refractivity contribution in [2.75, 3.05) is 5.33 Å². The van der Waals surface area contributed by atoms with E-state index in [1.807, 2.05) is 0 Å². The SMILES string of the molecule is CC1(C(F)F)CCCC(CBr)O1. The van der Waals surface area contributed by atoms with E-state index in [-0.39, 0.29) is 6.10 Å². The summed E-state index contributed by atoms with van der Waals surface area (Å²) in [6, 6.07) is 0. The van der Waals surface area contributed by atoms with Crippen molar-refractivity contribution >= 4 is 15.9 Å². The normalized spacial score (nSPS) is 37.2. The molecule has 0 radical (unpaired) electrons. The first-order valence-corrected chi connectivity index (χ1v) is 5.22. The first-order valence-electron chi connectivity index (χ1n) is 4.10. The Bertz CT molecular complexity index is 154. The maximum atomic E-state index is 12.5. The third-order valence-electron chi connectivity index (χ3n) is 2.27. The van der Waals surface area contributed by atoms with Gasteiger partial charge in [-0.25, -0.2) is 8.78 Å².